The molecule has 1 saturated heterocycles. The number of amides is 1. The van der Waals surface area contributed by atoms with Crippen LogP contribution in [0.3, 0.4) is 0 Å². The highest BCUT2D eigenvalue weighted by atomic mass is 19.3. The van der Waals surface area contributed by atoms with Gasteiger partial charge < -0.3 is 10.2 Å². The first-order valence-corrected chi connectivity index (χ1v) is 6.45. The number of rotatable bonds is 5. The molecular weight excluding hydrogens is 278 g/mol. The minimum absolute atomic E-state index is 0.0993. The van der Waals surface area contributed by atoms with Crippen molar-refractivity contribution < 1.29 is 22.4 Å². The number of halogens is 4. The highest BCUT2D eigenvalue weighted by Gasteiger charge is 2.49. The fraction of sp³-hybridized carbons (Fsp3) is 0.917. The molecule has 0 spiro atoms. The average molecular weight is 299 g/mol. The molecule has 1 heterocycles. The molecule has 0 aromatic carbocycles. The fourth-order valence-corrected chi connectivity index (χ4v) is 2.04. The Morgan fingerprint density at radius 2 is 1.70 bits per heavy atom. The predicted octanol–water partition coefficient (Wildman–Crippen LogP) is 1.03. The number of alkyl halides is 4. The van der Waals surface area contributed by atoms with E-state index < -0.39 is 23.8 Å². The molecule has 0 atom stereocenters. The minimum Gasteiger partial charge on any atom is -0.349 e. The van der Waals surface area contributed by atoms with Crippen molar-refractivity contribution in [1.82, 2.24) is 15.1 Å². The van der Waals surface area contributed by atoms with Gasteiger partial charge in [-0.2, -0.15) is 8.78 Å². The zero-order valence-corrected chi connectivity index (χ0v) is 11.9. The summed E-state index contributed by atoms with van der Waals surface area (Å²) in [6.07, 6.45) is -3.99. The van der Waals surface area contributed by atoms with Crippen LogP contribution in [0.25, 0.3) is 0 Å². The molecule has 1 N–H and O–H groups in total. The van der Waals surface area contributed by atoms with Crippen LogP contribution in [-0.2, 0) is 4.79 Å². The maximum absolute atomic E-state index is 12.8. The third-order valence-corrected chi connectivity index (χ3v) is 3.62. The van der Waals surface area contributed by atoms with Gasteiger partial charge in [0.05, 0.1) is 0 Å². The molecule has 1 aliphatic heterocycles. The third kappa shape index (κ3) is 4.05. The summed E-state index contributed by atoms with van der Waals surface area (Å²) in [5, 5.41) is 1.93. The topological polar surface area (TPSA) is 35.6 Å². The van der Waals surface area contributed by atoms with E-state index in [0.29, 0.717) is 0 Å². The van der Waals surface area contributed by atoms with Crippen molar-refractivity contribution in [2.24, 2.45) is 0 Å². The first-order chi connectivity index (χ1) is 9.07. The molecule has 0 aromatic rings. The van der Waals surface area contributed by atoms with E-state index >= 15 is 0 Å². The Morgan fingerprint density at radius 1 is 1.20 bits per heavy atom. The summed E-state index contributed by atoms with van der Waals surface area (Å²) in [5.41, 5.74) is -0.560. The van der Waals surface area contributed by atoms with E-state index in [9.17, 15) is 22.4 Å². The number of nitrogens with zero attached hydrogens (tertiary/aromatic N) is 2. The Morgan fingerprint density at radius 3 is 2.15 bits per heavy atom. The molecule has 0 unspecified atom stereocenters. The van der Waals surface area contributed by atoms with Gasteiger partial charge in [-0.3, -0.25) is 9.69 Å². The summed E-state index contributed by atoms with van der Waals surface area (Å²) in [6, 6.07) is 0. The van der Waals surface area contributed by atoms with E-state index in [0.717, 1.165) is 26.2 Å². The number of piperazine rings is 1. The lowest BCUT2D eigenvalue weighted by Gasteiger charge is -2.43. The summed E-state index contributed by atoms with van der Waals surface area (Å²) in [7, 11) is 1.98. The van der Waals surface area contributed by atoms with Gasteiger partial charge in [0.25, 0.3) is 5.91 Å². The van der Waals surface area contributed by atoms with E-state index in [2.05, 4.69) is 4.90 Å². The van der Waals surface area contributed by atoms with Crippen LogP contribution in [0.5, 0.6) is 0 Å². The highest BCUT2D eigenvalue weighted by molar-refractivity contribution is 5.83. The van der Waals surface area contributed by atoms with Gasteiger partial charge in [0, 0.05) is 38.3 Å². The molecule has 0 saturated carbocycles. The van der Waals surface area contributed by atoms with Gasteiger partial charge in [-0.25, -0.2) is 8.78 Å². The molecule has 8 heteroatoms. The van der Waals surface area contributed by atoms with Crippen LogP contribution in [0.2, 0.25) is 0 Å². The number of nitrogens with one attached hydrogen (secondary N) is 1. The summed E-state index contributed by atoms with van der Waals surface area (Å²) >= 11 is 0. The van der Waals surface area contributed by atoms with Crippen molar-refractivity contribution in [3.63, 3.8) is 0 Å². The standard InChI is InChI=1S/C12H21F4N3O/c1-11(2,19-6-4-18(3)5-7-19)8-17-10(20)12(15,16)9(13)14/h9H,4-8H2,1-3H3,(H,17,20). The molecule has 4 nitrogen and oxygen atoms in total. The first-order valence-electron chi connectivity index (χ1n) is 6.45. The SMILES string of the molecule is CN1CCN(C(C)(C)CNC(=O)C(F)(F)C(F)F)CC1. The Balaban J connectivity index is 2.53. The van der Waals surface area contributed by atoms with E-state index in [-0.39, 0.29) is 6.54 Å². The van der Waals surface area contributed by atoms with Crippen molar-refractivity contribution in [3.05, 3.63) is 0 Å². The molecule has 0 bridgehead atoms. The van der Waals surface area contributed by atoms with Crippen LogP contribution in [-0.4, -0.2) is 73.4 Å². The molecule has 0 aliphatic carbocycles. The largest absolute Gasteiger partial charge is 0.383 e. The Labute approximate surface area is 116 Å². The number of carbonyl (C=O) groups is 1. The van der Waals surface area contributed by atoms with Crippen LogP contribution in [0.1, 0.15) is 13.8 Å². The van der Waals surface area contributed by atoms with Gasteiger partial charge in [0.15, 0.2) is 0 Å². The number of hydrogen-bond donors (Lipinski definition) is 1. The van der Waals surface area contributed by atoms with Gasteiger partial charge in [-0.15, -0.1) is 0 Å². The van der Waals surface area contributed by atoms with Crippen molar-refractivity contribution in [2.75, 3.05) is 39.8 Å². The second-order valence-corrected chi connectivity index (χ2v) is 5.71. The molecule has 20 heavy (non-hydrogen) atoms. The lowest BCUT2D eigenvalue weighted by Crippen LogP contribution is -2.59. The predicted molar refractivity (Wildman–Crippen MR) is 67.1 cm³/mol. The second-order valence-electron chi connectivity index (χ2n) is 5.71. The summed E-state index contributed by atoms with van der Waals surface area (Å²) in [5.74, 6) is -6.56. The van der Waals surface area contributed by atoms with Gasteiger partial charge in [-0.1, -0.05) is 0 Å². The Hall–Kier alpha value is -0.890. The van der Waals surface area contributed by atoms with Crippen molar-refractivity contribution in [2.45, 2.75) is 31.7 Å². The average Bonchev–Trinajstić information content (AvgIpc) is 2.36. The minimum atomic E-state index is -4.64. The van der Waals surface area contributed by atoms with Crippen molar-refractivity contribution >= 4 is 5.91 Å². The van der Waals surface area contributed by atoms with Crippen LogP contribution in [0.4, 0.5) is 17.6 Å². The van der Waals surface area contributed by atoms with Crippen LogP contribution in [0, 0.1) is 0 Å². The lowest BCUT2D eigenvalue weighted by atomic mass is 10.0. The quantitative estimate of drug-likeness (QED) is 0.770. The second kappa shape index (κ2) is 6.26. The van der Waals surface area contributed by atoms with Crippen LogP contribution in [0.15, 0.2) is 0 Å². The smallest absolute Gasteiger partial charge is 0.349 e. The van der Waals surface area contributed by atoms with E-state index in [1.807, 2.05) is 17.3 Å². The Bertz CT molecular complexity index is 342. The summed E-state index contributed by atoms with van der Waals surface area (Å²) in [4.78, 5) is 15.3. The van der Waals surface area contributed by atoms with Gasteiger partial charge >= 0.3 is 12.3 Å². The molecular formula is C12H21F4N3O. The molecule has 118 valence electrons. The molecule has 1 rings (SSSR count). The maximum Gasteiger partial charge on any atom is 0.383 e. The molecule has 1 amide bonds. The maximum atomic E-state index is 12.8. The lowest BCUT2D eigenvalue weighted by molar-refractivity contribution is -0.170. The number of carbonyl (C=O) groups excluding carboxylic acids is 1. The van der Waals surface area contributed by atoms with Gasteiger partial charge in [-0.05, 0) is 20.9 Å². The van der Waals surface area contributed by atoms with E-state index in [1.54, 1.807) is 13.8 Å². The summed E-state index contributed by atoms with van der Waals surface area (Å²) in [6.45, 7) is 6.64. The number of hydrogen-bond acceptors (Lipinski definition) is 3. The first kappa shape index (κ1) is 17.2. The zero-order valence-electron chi connectivity index (χ0n) is 11.9. The summed E-state index contributed by atoms with van der Waals surface area (Å²) < 4.78 is 49.8. The fourth-order valence-electron chi connectivity index (χ4n) is 2.04. The molecule has 0 aromatic heterocycles. The van der Waals surface area contributed by atoms with Gasteiger partial charge in [0.1, 0.15) is 0 Å². The van der Waals surface area contributed by atoms with Crippen molar-refractivity contribution in [1.29, 1.82) is 0 Å². The van der Waals surface area contributed by atoms with Crippen LogP contribution >= 0.6 is 0 Å². The molecule has 1 fully saturated rings. The zero-order chi connectivity index (χ0) is 15.6. The monoisotopic (exact) mass is 299 g/mol. The normalized spacial score (nSPS) is 19.4. The number of likely N-dealkylation sites (N-methyl/N-ethyl adjacent to an activating group) is 1. The third-order valence-electron chi connectivity index (χ3n) is 3.62. The van der Waals surface area contributed by atoms with Crippen LogP contribution < -0.4 is 5.32 Å². The highest BCUT2D eigenvalue weighted by Crippen LogP contribution is 2.23. The molecule has 0 radical (unpaired) electrons. The van der Waals surface area contributed by atoms with Gasteiger partial charge in [0.2, 0.25) is 0 Å². The van der Waals surface area contributed by atoms with E-state index in [1.165, 1.54) is 0 Å². The van der Waals surface area contributed by atoms with E-state index in [4.69, 9.17) is 0 Å². The molecule has 1 aliphatic rings. The Kier molecular flexibility index (Phi) is 5.37. The van der Waals surface area contributed by atoms with Crippen molar-refractivity contribution in [3.8, 4) is 0 Å².